The Balaban J connectivity index is 1.51. The van der Waals surface area contributed by atoms with Crippen molar-refractivity contribution in [2.45, 2.75) is 74.5 Å². The first-order valence-corrected chi connectivity index (χ1v) is 9.24. The summed E-state index contributed by atoms with van der Waals surface area (Å²) in [5.74, 6) is 0.949. The Labute approximate surface area is 127 Å². The van der Waals surface area contributed by atoms with Gasteiger partial charge in [0.05, 0.1) is 0 Å². The van der Waals surface area contributed by atoms with Crippen molar-refractivity contribution < 1.29 is 0 Å². The van der Waals surface area contributed by atoms with E-state index in [4.69, 9.17) is 0 Å². The number of rotatable bonds is 5. The standard InChI is InChI=1S/C18H27NS/c1-2-14-7-8-16(13-14)19-15-9-11-18(12-10-15)20-17-5-3-4-6-17/h9-12,14,16-17,19H,2-8,13H2,1H3. The third-order valence-corrected chi connectivity index (χ3v) is 6.30. The van der Waals surface area contributed by atoms with Gasteiger partial charge in [-0.3, -0.25) is 0 Å². The van der Waals surface area contributed by atoms with Crippen LogP contribution in [0.5, 0.6) is 0 Å². The summed E-state index contributed by atoms with van der Waals surface area (Å²) >= 11 is 2.08. The van der Waals surface area contributed by atoms with E-state index >= 15 is 0 Å². The number of hydrogen-bond donors (Lipinski definition) is 1. The first-order chi connectivity index (χ1) is 9.83. The van der Waals surface area contributed by atoms with Crippen molar-refractivity contribution >= 4 is 17.4 Å². The van der Waals surface area contributed by atoms with Crippen LogP contribution >= 0.6 is 11.8 Å². The molecule has 2 aliphatic rings. The molecule has 1 aromatic carbocycles. The monoisotopic (exact) mass is 289 g/mol. The van der Waals surface area contributed by atoms with Crippen LogP contribution in [-0.4, -0.2) is 11.3 Å². The van der Waals surface area contributed by atoms with Gasteiger partial charge in [-0.1, -0.05) is 26.2 Å². The van der Waals surface area contributed by atoms with Crippen LogP contribution in [-0.2, 0) is 0 Å². The number of thioether (sulfide) groups is 1. The SMILES string of the molecule is CCC1CCC(Nc2ccc(SC3CCCC3)cc2)C1. The number of nitrogens with one attached hydrogen (secondary N) is 1. The van der Waals surface area contributed by atoms with Crippen LogP contribution in [0.3, 0.4) is 0 Å². The molecule has 1 aromatic rings. The average Bonchev–Trinajstić information content (AvgIpc) is 3.12. The first-order valence-electron chi connectivity index (χ1n) is 8.36. The van der Waals surface area contributed by atoms with Gasteiger partial charge >= 0.3 is 0 Å². The van der Waals surface area contributed by atoms with Crippen molar-refractivity contribution in [2.24, 2.45) is 5.92 Å². The predicted octanol–water partition coefficient (Wildman–Crippen LogP) is 5.71. The largest absolute Gasteiger partial charge is 0.382 e. The van der Waals surface area contributed by atoms with Crippen LogP contribution < -0.4 is 5.32 Å². The minimum absolute atomic E-state index is 0.702. The highest BCUT2D eigenvalue weighted by molar-refractivity contribution is 8.00. The molecule has 0 spiro atoms. The normalized spacial score (nSPS) is 27.1. The van der Waals surface area contributed by atoms with E-state index in [1.54, 1.807) is 0 Å². The second kappa shape index (κ2) is 6.89. The van der Waals surface area contributed by atoms with E-state index in [0.717, 1.165) is 11.2 Å². The predicted molar refractivity (Wildman–Crippen MR) is 89.6 cm³/mol. The molecule has 0 heterocycles. The maximum atomic E-state index is 3.72. The Bertz CT molecular complexity index is 408. The van der Waals surface area contributed by atoms with E-state index in [0.29, 0.717) is 6.04 Å². The van der Waals surface area contributed by atoms with Crippen molar-refractivity contribution in [1.82, 2.24) is 0 Å². The van der Waals surface area contributed by atoms with E-state index in [1.807, 2.05) is 0 Å². The maximum absolute atomic E-state index is 3.72. The Kier molecular flexibility index (Phi) is 4.93. The molecule has 0 aliphatic heterocycles. The highest BCUT2D eigenvalue weighted by Gasteiger charge is 2.23. The molecule has 0 bridgehead atoms. The molecule has 2 unspecified atom stereocenters. The zero-order chi connectivity index (χ0) is 13.8. The zero-order valence-corrected chi connectivity index (χ0v) is 13.4. The van der Waals surface area contributed by atoms with E-state index < -0.39 is 0 Å². The summed E-state index contributed by atoms with van der Waals surface area (Å²) in [5.41, 5.74) is 1.31. The van der Waals surface area contributed by atoms with Crippen LogP contribution in [0.4, 0.5) is 5.69 Å². The summed E-state index contributed by atoms with van der Waals surface area (Å²) in [6, 6.07) is 9.86. The quantitative estimate of drug-likeness (QED) is 0.745. The molecule has 2 saturated carbocycles. The summed E-state index contributed by atoms with van der Waals surface area (Å²) < 4.78 is 0. The van der Waals surface area contributed by atoms with Crippen LogP contribution in [0, 0.1) is 5.92 Å². The molecule has 0 aromatic heterocycles. The molecule has 110 valence electrons. The lowest BCUT2D eigenvalue weighted by molar-refractivity contribution is 0.525. The average molecular weight is 289 g/mol. The minimum atomic E-state index is 0.702. The van der Waals surface area contributed by atoms with Crippen LogP contribution in [0.2, 0.25) is 0 Å². The lowest BCUT2D eigenvalue weighted by Crippen LogP contribution is -2.15. The molecule has 2 atom stereocenters. The van der Waals surface area contributed by atoms with Gasteiger partial charge in [0.1, 0.15) is 0 Å². The number of hydrogen-bond acceptors (Lipinski definition) is 2. The second-order valence-corrected chi connectivity index (χ2v) is 7.85. The van der Waals surface area contributed by atoms with E-state index in [2.05, 4.69) is 48.3 Å². The fraction of sp³-hybridized carbons (Fsp3) is 0.667. The molecule has 3 rings (SSSR count). The van der Waals surface area contributed by atoms with E-state index in [-0.39, 0.29) is 0 Å². The summed E-state index contributed by atoms with van der Waals surface area (Å²) in [4.78, 5) is 1.44. The van der Waals surface area contributed by atoms with Gasteiger partial charge < -0.3 is 5.32 Å². The first kappa shape index (κ1) is 14.3. The summed E-state index contributed by atoms with van der Waals surface area (Å²) in [7, 11) is 0. The number of anilines is 1. The second-order valence-electron chi connectivity index (χ2n) is 6.48. The van der Waals surface area contributed by atoms with Gasteiger partial charge in [0.2, 0.25) is 0 Å². The Hall–Kier alpha value is -0.630. The number of benzene rings is 1. The summed E-state index contributed by atoms with van der Waals surface area (Å²) in [6.45, 7) is 2.32. The molecule has 0 amide bonds. The smallest absolute Gasteiger partial charge is 0.0343 e. The molecule has 1 N–H and O–H groups in total. The third kappa shape index (κ3) is 3.72. The fourth-order valence-corrected chi connectivity index (χ4v) is 4.89. The Morgan fingerprint density at radius 3 is 2.45 bits per heavy atom. The van der Waals surface area contributed by atoms with Crippen LogP contribution in [0.25, 0.3) is 0 Å². The van der Waals surface area contributed by atoms with Crippen LogP contribution in [0.15, 0.2) is 29.2 Å². The lowest BCUT2D eigenvalue weighted by Gasteiger charge is -2.15. The molecule has 2 heteroatoms. The van der Waals surface area contributed by atoms with Crippen molar-refractivity contribution in [3.8, 4) is 0 Å². The van der Waals surface area contributed by atoms with Crippen molar-refractivity contribution in [1.29, 1.82) is 0 Å². The van der Waals surface area contributed by atoms with Gasteiger partial charge in [0.15, 0.2) is 0 Å². The third-order valence-electron chi connectivity index (χ3n) is 4.95. The highest BCUT2D eigenvalue weighted by Crippen LogP contribution is 2.35. The van der Waals surface area contributed by atoms with Crippen molar-refractivity contribution in [2.75, 3.05) is 5.32 Å². The molecule has 2 aliphatic carbocycles. The molecule has 20 heavy (non-hydrogen) atoms. The molecular weight excluding hydrogens is 262 g/mol. The Morgan fingerprint density at radius 2 is 1.80 bits per heavy atom. The summed E-state index contributed by atoms with van der Waals surface area (Å²) in [6.07, 6.45) is 11.1. The molecule has 2 fully saturated rings. The zero-order valence-electron chi connectivity index (χ0n) is 12.6. The highest BCUT2D eigenvalue weighted by atomic mass is 32.2. The van der Waals surface area contributed by atoms with Crippen molar-refractivity contribution in [3.63, 3.8) is 0 Å². The molecule has 0 saturated heterocycles. The molecule has 1 nitrogen and oxygen atoms in total. The Morgan fingerprint density at radius 1 is 1.05 bits per heavy atom. The molecular formula is C18H27NS. The minimum Gasteiger partial charge on any atom is -0.382 e. The van der Waals surface area contributed by atoms with Gasteiger partial charge in [-0.05, 0) is 62.3 Å². The van der Waals surface area contributed by atoms with Crippen molar-refractivity contribution in [3.05, 3.63) is 24.3 Å². The van der Waals surface area contributed by atoms with E-state index in [9.17, 15) is 0 Å². The van der Waals surface area contributed by atoms with E-state index in [1.165, 1.54) is 61.9 Å². The topological polar surface area (TPSA) is 12.0 Å². The lowest BCUT2D eigenvalue weighted by atomic mass is 10.1. The fourth-order valence-electron chi connectivity index (χ4n) is 3.64. The van der Waals surface area contributed by atoms with Gasteiger partial charge in [-0.2, -0.15) is 0 Å². The van der Waals surface area contributed by atoms with Crippen LogP contribution in [0.1, 0.15) is 58.3 Å². The molecule has 0 radical (unpaired) electrons. The summed E-state index contributed by atoms with van der Waals surface area (Å²) in [5, 5.41) is 4.59. The maximum Gasteiger partial charge on any atom is 0.0343 e. The van der Waals surface area contributed by atoms with Gasteiger partial charge in [-0.15, -0.1) is 11.8 Å². The van der Waals surface area contributed by atoms with Gasteiger partial charge in [0, 0.05) is 21.9 Å². The van der Waals surface area contributed by atoms with Gasteiger partial charge in [-0.25, -0.2) is 0 Å². The van der Waals surface area contributed by atoms with Gasteiger partial charge in [0.25, 0.3) is 0 Å².